The number of carbonyl (C=O) groups is 1. The number of amides is 1. The molecule has 0 atom stereocenters. The third kappa shape index (κ3) is 4.61. The zero-order chi connectivity index (χ0) is 19.3. The van der Waals surface area contributed by atoms with Gasteiger partial charge < -0.3 is 9.80 Å². The summed E-state index contributed by atoms with van der Waals surface area (Å²) < 4.78 is 0. The largest absolute Gasteiger partial charge is 0.333 e. The number of carbonyl (C=O) groups excluding carboxylic acids is 1. The van der Waals surface area contributed by atoms with E-state index >= 15 is 0 Å². The second-order valence-electron chi connectivity index (χ2n) is 8.23. The van der Waals surface area contributed by atoms with Gasteiger partial charge in [0.1, 0.15) is 4.88 Å². The third-order valence-electron chi connectivity index (χ3n) is 6.29. The second-order valence-corrected chi connectivity index (χ2v) is 9.09. The molecular formula is C22H30N4OS. The molecule has 6 heteroatoms. The molecule has 5 nitrogen and oxygen atoms in total. The molecule has 150 valence electrons. The van der Waals surface area contributed by atoms with Gasteiger partial charge in [-0.2, -0.15) is 0 Å². The molecule has 0 N–H and O–H groups in total. The first kappa shape index (κ1) is 19.5. The van der Waals surface area contributed by atoms with E-state index in [9.17, 15) is 4.79 Å². The van der Waals surface area contributed by atoms with E-state index in [1.807, 2.05) is 24.1 Å². The van der Waals surface area contributed by atoms with Crippen molar-refractivity contribution in [3.05, 3.63) is 46.2 Å². The lowest BCUT2D eigenvalue weighted by atomic mass is 9.94. The number of hydrogen-bond acceptors (Lipinski definition) is 5. The van der Waals surface area contributed by atoms with Crippen LogP contribution >= 0.6 is 11.3 Å². The minimum atomic E-state index is 0.113. The predicted octanol–water partition coefficient (Wildman–Crippen LogP) is 4.14. The monoisotopic (exact) mass is 398 g/mol. The van der Waals surface area contributed by atoms with Crippen molar-refractivity contribution >= 4 is 17.2 Å². The van der Waals surface area contributed by atoms with Gasteiger partial charge in [0.2, 0.25) is 0 Å². The quantitative estimate of drug-likeness (QED) is 0.734. The minimum absolute atomic E-state index is 0.113. The number of thiazole rings is 1. The van der Waals surface area contributed by atoms with Gasteiger partial charge in [0.05, 0.1) is 11.2 Å². The molecule has 3 heterocycles. The number of piperidine rings is 1. The Morgan fingerprint density at radius 1 is 1.25 bits per heavy atom. The maximum absolute atomic E-state index is 13.2. The van der Waals surface area contributed by atoms with E-state index in [0.717, 1.165) is 28.7 Å². The summed E-state index contributed by atoms with van der Waals surface area (Å²) in [5.41, 5.74) is 3.69. The van der Waals surface area contributed by atoms with Crippen LogP contribution in [0.15, 0.2) is 30.0 Å². The van der Waals surface area contributed by atoms with E-state index in [0.29, 0.717) is 12.5 Å². The number of pyridine rings is 1. The van der Waals surface area contributed by atoms with Crippen LogP contribution in [0.1, 0.15) is 59.5 Å². The molecule has 0 spiro atoms. The minimum Gasteiger partial charge on any atom is -0.333 e. The lowest BCUT2D eigenvalue weighted by molar-refractivity contribution is 0.0654. The first-order chi connectivity index (χ1) is 13.7. The van der Waals surface area contributed by atoms with E-state index in [4.69, 9.17) is 0 Å². The Hall–Kier alpha value is -1.79. The molecular weight excluding hydrogens is 368 g/mol. The van der Waals surface area contributed by atoms with Gasteiger partial charge in [0.15, 0.2) is 0 Å². The lowest BCUT2D eigenvalue weighted by Crippen LogP contribution is -2.43. The summed E-state index contributed by atoms with van der Waals surface area (Å²) in [6.07, 6.45) is 11.6. The Balaban J connectivity index is 1.42. The maximum atomic E-state index is 13.2. The molecule has 2 aromatic rings. The molecule has 2 aromatic heterocycles. The highest BCUT2D eigenvalue weighted by Crippen LogP contribution is 2.29. The molecule has 28 heavy (non-hydrogen) atoms. The Kier molecular flexibility index (Phi) is 6.37. The van der Waals surface area contributed by atoms with Crippen LogP contribution in [0.25, 0.3) is 0 Å². The average Bonchev–Trinajstić information content (AvgIpc) is 3.40. The number of hydrogen-bond donors (Lipinski definition) is 0. The van der Waals surface area contributed by atoms with Gasteiger partial charge in [-0.25, -0.2) is 4.98 Å². The van der Waals surface area contributed by atoms with E-state index in [2.05, 4.69) is 20.9 Å². The normalized spacial score (nSPS) is 19.2. The van der Waals surface area contributed by atoms with E-state index < -0.39 is 0 Å². The van der Waals surface area contributed by atoms with Crippen LogP contribution in [0.3, 0.4) is 0 Å². The fourth-order valence-electron chi connectivity index (χ4n) is 4.66. The molecule has 4 rings (SSSR count). The summed E-state index contributed by atoms with van der Waals surface area (Å²) in [4.78, 5) is 27.2. The topological polar surface area (TPSA) is 49.3 Å². The zero-order valence-electron chi connectivity index (χ0n) is 16.7. The summed E-state index contributed by atoms with van der Waals surface area (Å²) >= 11 is 1.45. The van der Waals surface area contributed by atoms with Gasteiger partial charge in [0, 0.05) is 31.5 Å². The van der Waals surface area contributed by atoms with Crippen molar-refractivity contribution < 1.29 is 4.79 Å². The first-order valence-electron chi connectivity index (χ1n) is 10.5. The highest BCUT2D eigenvalue weighted by molar-refractivity contribution is 7.11. The number of aryl methyl sites for hydroxylation is 1. The fraction of sp³-hybridized carbons (Fsp3) is 0.591. The van der Waals surface area contributed by atoms with E-state index in [-0.39, 0.29) is 5.91 Å². The SMILES string of the molecule is Cc1ncsc1C(=O)N(Cc1cccnc1)CC1CCN(C2CCCC2)CC1. The Labute approximate surface area is 171 Å². The molecule has 0 bridgehead atoms. The number of aromatic nitrogens is 2. The molecule has 1 saturated carbocycles. The van der Waals surface area contributed by atoms with Gasteiger partial charge in [-0.1, -0.05) is 18.9 Å². The van der Waals surface area contributed by atoms with E-state index in [1.165, 1.54) is 63.0 Å². The first-order valence-corrected chi connectivity index (χ1v) is 11.4. The van der Waals surface area contributed by atoms with Crippen LogP contribution in [0.5, 0.6) is 0 Å². The zero-order valence-corrected chi connectivity index (χ0v) is 17.5. The van der Waals surface area contributed by atoms with Crippen LogP contribution in [0.4, 0.5) is 0 Å². The van der Waals surface area contributed by atoms with Crippen molar-refractivity contribution in [2.75, 3.05) is 19.6 Å². The van der Waals surface area contributed by atoms with Crippen LogP contribution < -0.4 is 0 Å². The van der Waals surface area contributed by atoms with Crippen LogP contribution in [-0.2, 0) is 6.54 Å². The Morgan fingerprint density at radius 2 is 2.04 bits per heavy atom. The molecule has 2 aliphatic rings. The predicted molar refractivity (Wildman–Crippen MR) is 112 cm³/mol. The van der Waals surface area contributed by atoms with Gasteiger partial charge in [-0.3, -0.25) is 9.78 Å². The molecule has 0 unspecified atom stereocenters. The Bertz CT molecular complexity index is 764. The molecule has 0 aromatic carbocycles. The molecule has 2 fully saturated rings. The lowest BCUT2D eigenvalue weighted by Gasteiger charge is -2.37. The fourth-order valence-corrected chi connectivity index (χ4v) is 5.43. The van der Waals surface area contributed by atoms with Crippen LogP contribution in [0, 0.1) is 12.8 Å². The van der Waals surface area contributed by atoms with Gasteiger partial charge in [-0.15, -0.1) is 11.3 Å². The summed E-state index contributed by atoms with van der Waals surface area (Å²) in [7, 11) is 0. The highest BCUT2D eigenvalue weighted by Gasteiger charge is 2.29. The van der Waals surface area contributed by atoms with Crippen molar-refractivity contribution in [3.63, 3.8) is 0 Å². The smallest absolute Gasteiger partial charge is 0.266 e. The summed E-state index contributed by atoms with van der Waals surface area (Å²) in [5, 5.41) is 0. The molecule has 0 radical (unpaired) electrons. The van der Waals surface area contributed by atoms with Crippen LogP contribution in [0.2, 0.25) is 0 Å². The van der Waals surface area contributed by atoms with Gasteiger partial charge in [-0.05, 0) is 63.2 Å². The third-order valence-corrected chi connectivity index (χ3v) is 7.21. The van der Waals surface area contributed by atoms with Crippen molar-refractivity contribution in [2.45, 2.75) is 58.0 Å². The summed E-state index contributed by atoms with van der Waals surface area (Å²) in [6, 6.07) is 4.81. The molecule has 1 aliphatic carbocycles. The van der Waals surface area contributed by atoms with Gasteiger partial charge in [0.25, 0.3) is 5.91 Å². The van der Waals surface area contributed by atoms with Gasteiger partial charge >= 0.3 is 0 Å². The number of nitrogens with zero attached hydrogens (tertiary/aromatic N) is 4. The highest BCUT2D eigenvalue weighted by atomic mass is 32.1. The number of likely N-dealkylation sites (tertiary alicyclic amines) is 1. The molecule has 1 saturated heterocycles. The van der Waals surface area contributed by atoms with Crippen LogP contribution in [-0.4, -0.2) is 51.4 Å². The summed E-state index contributed by atoms with van der Waals surface area (Å²) in [5.74, 6) is 0.688. The summed E-state index contributed by atoms with van der Waals surface area (Å²) in [6.45, 7) is 5.73. The maximum Gasteiger partial charge on any atom is 0.266 e. The average molecular weight is 399 g/mol. The van der Waals surface area contributed by atoms with Crippen molar-refractivity contribution in [3.8, 4) is 0 Å². The molecule has 1 amide bonds. The second kappa shape index (κ2) is 9.14. The van der Waals surface area contributed by atoms with Crippen molar-refractivity contribution in [1.82, 2.24) is 19.8 Å². The van der Waals surface area contributed by atoms with Crippen molar-refractivity contribution in [2.24, 2.45) is 5.92 Å². The number of rotatable bonds is 6. The standard InChI is InChI=1S/C22H30N4OS/c1-17-21(28-16-24-17)22(27)26(15-19-5-4-10-23-13-19)14-18-8-11-25(12-9-18)20-6-2-3-7-20/h4-5,10,13,16,18,20H,2-3,6-9,11-12,14-15H2,1H3. The van der Waals surface area contributed by atoms with Crippen molar-refractivity contribution in [1.29, 1.82) is 0 Å². The Morgan fingerprint density at radius 3 is 2.68 bits per heavy atom. The molecule has 1 aliphatic heterocycles. The van der Waals surface area contributed by atoms with E-state index in [1.54, 1.807) is 11.7 Å².